The number of hydrogen-bond donors (Lipinski definition) is 1. The summed E-state index contributed by atoms with van der Waals surface area (Å²) in [5, 5.41) is 2.85. The highest BCUT2D eigenvalue weighted by Crippen LogP contribution is 2.17. The third kappa shape index (κ3) is 6.35. The smallest absolute Gasteiger partial charge is 0.255 e. The second-order valence-corrected chi connectivity index (χ2v) is 7.05. The quantitative estimate of drug-likeness (QED) is 0.464. The standard InChI is InChI=1S/C26H28N2O4/c1-3-28(4-2)26(30)20-13-15-22(16-14-20)27-25(29)21-9-8-12-24(19-21)32-18-17-31-23-10-6-5-7-11-23/h5-16,19H,3-4,17-18H2,1-2H3,(H,27,29). The van der Waals surface area contributed by atoms with Crippen LogP contribution in [0.5, 0.6) is 11.5 Å². The van der Waals surface area contributed by atoms with Crippen LogP contribution < -0.4 is 14.8 Å². The minimum Gasteiger partial charge on any atom is -0.490 e. The number of benzene rings is 3. The van der Waals surface area contributed by atoms with Gasteiger partial charge in [-0.15, -0.1) is 0 Å². The molecule has 0 saturated carbocycles. The number of carbonyl (C=O) groups is 2. The van der Waals surface area contributed by atoms with Crippen molar-refractivity contribution in [2.24, 2.45) is 0 Å². The molecular formula is C26H28N2O4. The Balaban J connectivity index is 1.53. The van der Waals surface area contributed by atoms with E-state index in [1.54, 1.807) is 53.4 Å². The summed E-state index contributed by atoms with van der Waals surface area (Å²) < 4.78 is 11.3. The predicted molar refractivity (Wildman–Crippen MR) is 126 cm³/mol. The second kappa shape index (κ2) is 11.6. The van der Waals surface area contributed by atoms with Crippen molar-refractivity contribution in [2.45, 2.75) is 13.8 Å². The van der Waals surface area contributed by atoms with E-state index >= 15 is 0 Å². The van der Waals surface area contributed by atoms with E-state index in [9.17, 15) is 9.59 Å². The molecule has 32 heavy (non-hydrogen) atoms. The number of carbonyl (C=O) groups excluding carboxylic acids is 2. The van der Waals surface area contributed by atoms with Gasteiger partial charge in [0.15, 0.2) is 0 Å². The highest BCUT2D eigenvalue weighted by molar-refractivity contribution is 6.04. The van der Waals surface area contributed by atoms with E-state index in [-0.39, 0.29) is 11.8 Å². The minimum atomic E-state index is -0.251. The van der Waals surface area contributed by atoms with Crippen molar-refractivity contribution in [3.05, 3.63) is 90.0 Å². The van der Waals surface area contributed by atoms with Gasteiger partial charge in [-0.3, -0.25) is 9.59 Å². The van der Waals surface area contributed by atoms with E-state index < -0.39 is 0 Å². The van der Waals surface area contributed by atoms with E-state index in [1.165, 1.54) is 0 Å². The third-order valence-electron chi connectivity index (χ3n) is 4.90. The van der Waals surface area contributed by atoms with Crippen LogP contribution in [0.1, 0.15) is 34.6 Å². The summed E-state index contributed by atoms with van der Waals surface area (Å²) in [5.74, 6) is 1.11. The maximum absolute atomic E-state index is 12.6. The molecule has 0 aliphatic rings. The monoisotopic (exact) mass is 432 g/mol. The molecule has 0 atom stereocenters. The van der Waals surface area contributed by atoms with Gasteiger partial charge in [0.2, 0.25) is 0 Å². The lowest BCUT2D eigenvalue weighted by Crippen LogP contribution is -2.30. The first kappa shape index (κ1) is 22.9. The van der Waals surface area contributed by atoms with Crippen molar-refractivity contribution in [1.29, 1.82) is 0 Å². The summed E-state index contributed by atoms with van der Waals surface area (Å²) in [4.78, 5) is 26.8. The van der Waals surface area contributed by atoms with Crippen molar-refractivity contribution < 1.29 is 19.1 Å². The first-order chi connectivity index (χ1) is 15.6. The SMILES string of the molecule is CCN(CC)C(=O)c1ccc(NC(=O)c2cccc(OCCOc3ccccc3)c2)cc1. The number of hydrogen-bond acceptors (Lipinski definition) is 4. The zero-order chi connectivity index (χ0) is 22.8. The Labute approximate surface area is 188 Å². The van der Waals surface area contributed by atoms with Crippen molar-refractivity contribution in [3.63, 3.8) is 0 Å². The maximum atomic E-state index is 12.6. The van der Waals surface area contributed by atoms with Gasteiger partial charge in [-0.2, -0.15) is 0 Å². The zero-order valence-corrected chi connectivity index (χ0v) is 18.4. The predicted octanol–water partition coefficient (Wildman–Crippen LogP) is 4.88. The number of anilines is 1. The first-order valence-electron chi connectivity index (χ1n) is 10.7. The third-order valence-corrected chi connectivity index (χ3v) is 4.90. The fourth-order valence-electron chi connectivity index (χ4n) is 3.16. The number of amides is 2. The van der Waals surface area contributed by atoms with Gasteiger partial charge < -0.3 is 19.7 Å². The van der Waals surface area contributed by atoms with Crippen LogP contribution in [0.3, 0.4) is 0 Å². The highest BCUT2D eigenvalue weighted by Gasteiger charge is 2.13. The molecule has 0 heterocycles. The molecule has 0 bridgehead atoms. The van der Waals surface area contributed by atoms with Crippen LogP contribution in [0.15, 0.2) is 78.9 Å². The minimum absolute atomic E-state index is 0.0195. The van der Waals surface area contributed by atoms with Crippen LogP contribution in [-0.4, -0.2) is 43.0 Å². The molecular weight excluding hydrogens is 404 g/mol. The largest absolute Gasteiger partial charge is 0.490 e. The van der Waals surface area contributed by atoms with Crippen molar-refractivity contribution >= 4 is 17.5 Å². The molecule has 3 rings (SSSR count). The lowest BCUT2D eigenvalue weighted by atomic mass is 10.1. The van der Waals surface area contributed by atoms with Gasteiger partial charge >= 0.3 is 0 Å². The van der Waals surface area contributed by atoms with Crippen LogP contribution in [0.2, 0.25) is 0 Å². The van der Waals surface area contributed by atoms with Crippen LogP contribution in [0.4, 0.5) is 5.69 Å². The lowest BCUT2D eigenvalue weighted by molar-refractivity contribution is 0.0773. The van der Waals surface area contributed by atoms with Gasteiger partial charge in [-0.05, 0) is 68.4 Å². The van der Waals surface area contributed by atoms with E-state index in [1.807, 2.05) is 44.2 Å². The lowest BCUT2D eigenvalue weighted by Gasteiger charge is -2.18. The number of nitrogens with one attached hydrogen (secondary N) is 1. The molecule has 0 spiro atoms. The number of para-hydroxylation sites is 1. The van der Waals surface area contributed by atoms with Crippen LogP contribution in [0, 0.1) is 0 Å². The number of nitrogens with zero attached hydrogens (tertiary/aromatic N) is 1. The second-order valence-electron chi connectivity index (χ2n) is 7.05. The van der Waals surface area contributed by atoms with E-state index in [0.717, 1.165) is 5.75 Å². The Morgan fingerprint density at radius 2 is 1.38 bits per heavy atom. The molecule has 0 saturated heterocycles. The number of ether oxygens (including phenoxy) is 2. The molecule has 166 valence electrons. The molecule has 0 aliphatic heterocycles. The molecule has 0 aliphatic carbocycles. The van der Waals surface area contributed by atoms with Crippen molar-refractivity contribution in [1.82, 2.24) is 4.90 Å². The summed E-state index contributed by atoms with van der Waals surface area (Å²) in [7, 11) is 0. The molecule has 6 heteroatoms. The summed E-state index contributed by atoms with van der Waals surface area (Å²) >= 11 is 0. The zero-order valence-electron chi connectivity index (χ0n) is 18.4. The molecule has 0 radical (unpaired) electrons. The van der Waals surface area contributed by atoms with Crippen molar-refractivity contribution in [3.8, 4) is 11.5 Å². The average Bonchev–Trinajstić information content (AvgIpc) is 2.84. The summed E-state index contributed by atoms with van der Waals surface area (Å²) in [6.45, 7) is 5.98. The fraction of sp³-hybridized carbons (Fsp3) is 0.231. The van der Waals surface area contributed by atoms with Gasteiger partial charge in [-0.1, -0.05) is 24.3 Å². The Morgan fingerprint density at radius 3 is 2.03 bits per heavy atom. The van der Waals surface area contributed by atoms with Crippen LogP contribution in [-0.2, 0) is 0 Å². The van der Waals surface area contributed by atoms with Gasteiger partial charge in [-0.25, -0.2) is 0 Å². The normalized spacial score (nSPS) is 10.3. The fourth-order valence-corrected chi connectivity index (χ4v) is 3.16. The van der Waals surface area contributed by atoms with Gasteiger partial charge in [0, 0.05) is 29.9 Å². The van der Waals surface area contributed by atoms with Gasteiger partial charge in [0.1, 0.15) is 24.7 Å². The molecule has 0 unspecified atom stereocenters. The molecule has 0 aromatic heterocycles. The van der Waals surface area contributed by atoms with Crippen LogP contribution >= 0.6 is 0 Å². The number of rotatable bonds is 10. The summed E-state index contributed by atoms with van der Waals surface area (Å²) in [5.41, 5.74) is 1.70. The summed E-state index contributed by atoms with van der Waals surface area (Å²) in [6.07, 6.45) is 0. The van der Waals surface area contributed by atoms with E-state index in [0.29, 0.717) is 48.9 Å². The molecule has 2 amide bonds. The van der Waals surface area contributed by atoms with Gasteiger partial charge in [0.25, 0.3) is 11.8 Å². The topological polar surface area (TPSA) is 67.9 Å². The van der Waals surface area contributed by atoms with Crippen LogP contribution in [0.25, 0.3) is 0 Å². The Bertz CT molecular complexity index is 1020. The first-order valence-corrected chi connectivity index (χ1v) is 10.7. The molecule has 6 nitrogen and oxygen atoms in total. The molecule has 0 fully saturated rings. The van der Waals surface area contributed by atoms with Crippen molar-refractivity contribution in [2.75, 3.05) is 31.6 Å². The molecule has 3 aromatic rings. The molecule has 1 N–H and O–H groups in total. The highest BCUT2D eigenvalue weighted by atomic mass is 16.5. The van der Waals surface area contributed by atoms with E-state index in [2.05, 4.69) is 5.32 Å². The Morgan fingerprint density at radius 1 is 0.750 bits per heavy atom. The van der Waals surface area contributed by atoms with Gasteiger partial charge in [0.05, 0.1) is 0 Å². The summed E-state index contributed by atoms with van der Waals surface area (Å²) in [6, 6.07) is 23.4. The Kier molecular flexibility index (Phi) is 8.26. The Hall–Kier alpha value is -3.80. The maximum Gasteiger partial charge on any atom is 0.255 e. The van der Waals surface area contributed by atoms with E-state index in [4.69, 9.17) is 9.47 Å². The molecule has 3 aromatic carbocycles. The average molecular weight is 433 g/mol.